The SMILES string of the molecule is CCOc1ccc(-c2ccc(NC(=O)C3(C)CC3c3ccccc3)cc2-c2nnn[nH]2)cn1. The van der Waals surface area contributed by atoms with Gasteiger partial charge in [-0.05, 0) is 59.0 Å². The number of hydrogen-bond acceptors (Lipinski definition) is 6. The lowest BCUT2D eigenvalue weighted by Crippen LogP contribution is -2.23. The van der Waals surface area contributed by atoms with Crippen molar-refractivity contribution in [1.82, 2.24) is 25.6 Å². The van der Waals surface area contributed by atoms with E-state index in [2.05, 4.69) is 43.1 Å². The zero-order chi connectivity index (χ0) is 22.8. The molecule has 1 saturated carbocycles. The minimum atomic E-state index is -0.424. The second kappa shape index (κ2) is 8.46. The van der Waals surface area contributed by atoms with Gasteiger partial charge in [0.1, 0.15) is 0 Å². The van der Waals surface area contributed by atoms with Gasteiger partial charge in [-0.25, -0.2) is 10.1 Å². The molecule has 33 heavy (non-hydrogen) atoms. The number of nitrogens with one attached hydrogen (secondary N) is 2. The molecule has 2 N–H and O–H groups in total. The number of anilines is 1. The summed E-state index contributed by atoms with van der Waals surface area (Å²) in [4.78, 5) is 17.5. The molecular formula is C25H24N6O2. The maximum atomic E-state index is 13.1. The van der Waals surface area contributed by atoms with E-state index >= 15 is 0 Å². The first kappa shape index (κ1) is 20.8. The molecule has 1 aliphatic carbocycles. The van der Waals surface area contributed by atoms with E-state index < -0.39 is 5.41 Å². The van der Waals surface area contributed by atoms with Gasteiger partial charge >= 0.3 is 0 Å². The number of carbonyl (C=O) groups excluding carboxylic acids is 1. The lowest BCUT2D eigenvalue weighted by molar-refractivity contribution is -0.120. The first-order valence-electron chi connectivity index (χ1n) is 10.9. The summed E-state index contributed by atoms with van der Waals surface area (Å²) >= 11 is 0. The van der Waals surface area contributed by atoms with Crippen molar-refractivity contribution < 1.29 is 9.53 Å². The molecule has 1 fully saturated rings. The van der Waals surface area contributed by atoms with Gasteiger partial charge in [-0.1, -0.05) is 43.3 Å². The molecular weight excluding hydrogens is 416 g/mol. The maximum absolute atomic E-state index is 13.1. The van der Waals surface area contributed by atoms with Crippen LogP contribution >= 0.6 is 0 Å². The summed E-state index contributed by atoms with van der Waals surface area (Å²) in [5, 5.41) is 17.4. The molecule has 2 atom stereocenters. The van der Waals surface area contributed by atoms with Crippen molar-refractivity contribution in [2.24, 2.45) is 5.41 Å². The Hall–Kier alpha value is -4.07. The zero-order valence-electron chi connectivity index (χ0n) is 18.4. The number of nitrogens with zero attached hydrogens (tertiary/aromatic N) is 4. The van der Waals surface area contributed by atoms with Crippen LogP contribution in [-0.2, 0) is 4.79 Å². The Morgan fingerprint density at radius 1 is 1.15 bits per heavy atom. The molecule has 2 unspecified atom stereocenters. The van der Waals surface area contributed by atoms with Crippen molar-refractivity contribution in [3.8, 4) is 28.4 Å². The number of hydrogen-bond donors (Lipinski definition) is 2. The molecule has 0 aliphatic heterocycles. The molecule has 2 aromatic carbocycles. The number of rotatable bonds is 7. The van der Waals surface area contributed by atoms with Gasteiger partial charge in [0, 0.05) is 29.1 Å². The van der Waals surface area contributed by atoms with Gasteiger partial charge in [-0.15, -0.1) is 5.10 Å². The van der Waals surface area contributed by atoms with Crippen LogP contribution in [0.15, 0.2) is 66.9 Å². The van der Waals surface area contributed by atoms with Crippen LogP contribution in [-0.4, -0.2) is 38.1 Å². The van der Waals surface area contributed by atoms with Gasteiger partial charge in [0.15, 0.2) is 5.82 Å². The molecule has 166 valence electrons. The smallest absolute Gasteiger partial charge is 0.230 e. The Balaban J connectivity index is 1.41. The lowest BCUT2D eigenvalue weighted by atomic mass is 9.98. The zero-order valence-corrected chi connectivity index (χ0v) is 18.4. The average molecular weight is 441 g/mol. The highest BCUT2D eigenvalue weighted by molar-refractivity contribution is 5.99. The fraction of sp³-hybridized carbons (Fsp3) is 0.240. The van der Waals surface area contributed by atoms with E-state index in [4.69, 9.17) is 4.74 Å². The minimum absolute atomic E-state index is 0.00785. The van der Waals surface area contributed by atoms with Crippen LogP contribution in [0.2, 0.25) is 0 Å². The largest absolute Gasteiger partial charge is 0.478 e. The van der Waals surface area contributed by atoms with Crippen LogP contribution in [0.25, 0.3) is 22.5 Å². The molecule has 8 heteroatoms. The number of benzene rings is 2. The number of aromatic nitrogens is 5. The number of ether oxygens (including phenoxy) is 1. The third kappa shape index (κ3) is 4.07. The molecule has 2 heterocycles. The van der Waals surface area contributed by atoms with E-state index in [-0.39, 0.29) is 11.8 Å². The van der Waals surface area contributed by atoms with E-state index in [1.54, 1.807) is 6.20 Å². The van der Waals surface area contributed by atoms with Crippen molar-refractivity contribution in [2.75, 3.05) is 11.9 Å². The number of carbonyl (C=O) groups is 1. The van der Waals surface area contributed by atoms with Crippen LogP contribution in [0.3, 0.4) is 0 Å². The van der Waals surface area contributed by atoms with Gasteiger partial charge in [0.2, 0.25) is 11.8 Å². The van der Waals surface area contributed by atoms with Crippen LogP contribution in [0.4, 0.5) is 5.69 Å². The summed E-state index contributed by atoms with van der Waals surface area (Å²) in [5.74, 6) is 1.31. The third-order valence-electron chi connectivity index (χ3n) is 6.18. The van der Waals surface area contributed by atoms with Crippen molar-refractivity contribution in [1.29, 1.82) is 0 Å². The van der Waals surface area contributed by atoms with E-state index in [1.165, 1.54) is 5.56 Å². The second-order valence-electron chi connectivity index (χ2n) is 8.37. The molecule has 5 rings (SSSR count). The molecule has 0 radical (unpaired) electrons. The molecule has 1 aliphatic rings. The van der Waals surface area contributed by atoms with Crippen molar-refractivity contribution in [3.63, 3.8) is 0 Å². The Kier molecular flexibility index (Phi) is 5.34. The molecule has 4 aromatic rings. The summed E-state index contributed by atoms with van der Waals surface area (Å²) in [5.41, 5.74) is 4.01. The number of aromatic amines is 1. The van der Waals surface area contributed by atoms with Gasteiger partial charge in [0.25, 0.3) is 0 Å². The highest BCUT2D eigenvalue weighted by Crippen LogP contribution is 2.59. The normalized spacial score (nSPS) is 19.2. The maximum Gasteiger partial charge on any atom is 0.230 e. The van der Waals surface area contributed by atoms with Crippen molar-refractivity contribution in [3.05, 3.63) is 72.4 Å². The molecule has 0 bridgehead atoms. The number of pyridine rings is 1. The van der Waals surface area contributed by atoms with E-state index in [0.29, 0.717) is 24.0 Å². The fourth-order valence-electron chi connectivity index (χ4n) is 4.18. The standard InChI is InChI=1S/C25H24N6O2/c1-3-33-22-12-9-17(15-26-22)19-11-10-18(13-20(19)23-28-30-31-29-23)27-24(32)25(2)14-21(25)16-7-5-4-6-8-16/h4-13,15,21H,3,14H2,1-2H3,(H,27,32)(H,28,29,30,31). The van der Waals surface area contributed by atoms with Crippen LogP contribution in [0.5, 0.6) is 5.88 Å². The Morgan fingerprint density at radius 2 is 2.00 bits per heavy atom. The predicted octanol–water partition coefficient (Wildman–Crippen LogP) is 4.46. The van der Waals surface area contributed by atoms with Crippen molar-refractivity contribution >= 4 is 11.6 Å². The van der Waals surface area contributed by atoms with Gasteiger partial charge < -0.3 is 10.1 Å². The second-order valence-corrected chi connectivity index (χ2v) is 8.37. The van der Waals surface area contributed by atoms with Gasteiger partial charge in [-0.3, -0.25) is 4.79 Å². The van der Waals surface area contributed by atoms with Gasteiger partial charge in [0.05, 0.1) is 12.0 Å². The summed E-state index contributed by atoms with van der Waals surface area (Å²) in [6.45, 7) is 4.49. The lowest BCUT2D eigenvalue weighted by Gasteiger charge is -2.15. The van der Waals surface area contributed by atoms with E-state index in [0.717, 1.165) is 23.1 Å². The van der Waals surface area contributed by atoms with Crippen LogP contribution < -0.4 is 10.1 Å². The number of tetrazole rings is 1. The topological polar surface area (TPSA) is 106 Å². The third-order valence-corrected chi connectivity index (χ3v) is 6.18. The van der Waals surface area contributed by atoms with Gasteiger partial charge in [-0.2, -0.15) is 0 Å². The molecule has 0 saturated heterocycles. The van der Waals surface area contributed by atoms with Crippen LogP contribution in [0.1, 0.15) is 31.7 Å². The fourth-order valence-corrected chi connectivity index (χ4v) is 4.18. The first-order valence-corrected chi connectivity index (χ1v) is 10.9. The van der Waals surface area contributed by atoms with E-state index in [1.807, 2.05) is 62.4 Å². The summed E-state index contributed by atoms with van der Waals surface area (Å²) in [6, 6.07) is 19.7. The Morgan fingerprint density at radius 3 is 2.70 bits per heavy atom. The number of H-pyrrole nitrogens is 1. The molecule has 0 spiro atoms. The highest BCUT2D eigenvalue weighted by Gasteiger charge is 2.56. The molecule has 2 aromatic heterocycles. The molecule has 1 amide bonds. The first-order chi connectivity index (χ1) is 16.1. The quantitative estimate of drug-likeness (QED) is 0.440. The van der Waals surface area contributed by atoms with Crippen molar-refractivity contribution in [2.45, 2.75) is 26.2 Å². The monoisotopic (exact) mass is 440 g/mol. The molecule has 8 nitrogen and oxygen atoms in total. The predicted molar refractivity (Wildman–Crippen MR) is 125 cm³/mol. The Bertz CT molecular complexity index is 1260. The average Bonchev–Trinajstić information content (AvgIpc) is 3.27. The Labute approximate surface area is 191 Å². The van der Waals surface area contributed by atoms with E-state index in [9.17, 15) is 4.79 Å². The summed E-state index contributed by atoms with van der Waals surface area (Å²) in [6.07, 6.45) is 2.58. The minimum Gasteiger partial charge on any atom is -0.478 e. The number of amides is 1. The summed E-state index contributed by atoms with van der Waals surface area (Å²) < 4.78 is 5.44. The van der Waals surface area contributed by atoms with Crippen LogP contribution in [0, 0.1) is 5.41 Å². The summed E-state index contributed by atoms with van der Waals surface area (Å²) in [7, 11) is 0. The highest BCUT2D eigenvalue weighted by atomic mass is 16.5.